The van der Waals surface area contributed by atoms with E-state index < -0.39 is 11.5 Å². The van der Waals surface area contributed by atoms with Gasteiger partial charge in [-0.3, -0.25) is 10.1 Å². The van der Waals surface area contributed by atoms with E-state index in [4.69, 9.17) is 9.84 Å². The van der Waals surface area contributed by atoms with Crippen molar-refractivity contribution in [2.45, 2.75) is 18.1 Å². The molecule has 0 aromatic heterocycles. The first-order chi connectivity index (χ1) is 4.73. The summed E-state index contributed by atoms with van der Waals surface area (Å²) in [5, 5.41) is 11.7. The second-order valence-electron chi connectivity index (χ2n) is 2.91. The zero-order chi connectivity index (χ0) is 7.19. The molecule has 0 saturated carbocycles. The van der Waals surface area contributed by atoms with Crippen molar-refractivity contribution < 1.29 is 14.6 Å². The number of nitrogens with one attached hydrogen (secondary N) is 1. The van der Waals surface area contributed by atoms with E-state index in [1.807, 2.05) is 0 Å². The van der Waals surface area contributed by atoms with Crippen molar-refractivity contribution in [3.8, 4) is 0 Å². The minimum absolute atomic E-state index is 0.135. The van der Waals surface area contributed by atoms with Crippen molar-refractivity contribution in [3.05, 3.63) is 0 Å². The summed E-state index contributed by atoms with van der Waals surface area (Å²) < 4.78 is 5.17. The summed E-state index contributed by atoms with van der Waals surface area (Å²) in [6.45, 7) is 1.01. The number of hydrogen-bond acceptors (Lipinski definition) is 3. The van der Waals surface area contributed by atoms with Crippen LogP contribution in [-0.2, 0) is 9.53 Å². The Morgan fingerprint density at radius 2 is 2.60 bits per heavy atom. The van der Waals surface area contributed by atoms with Gasteiger partial charge in [-0.1, -0.05) is 0 Å². The van der Waals surface area contributed by atoms with Crippen molar-refractivity contribution >= 4 is 5.97 Å². The number of carboxylic acids is 1. The molecule has 2 heterocycles. The highest BCUT2D eigenvalue weighted by Gasteiger charge is 2.51. The molecule has 56 valence electrons. The van der Waals surface area contributed by atoms with Gasteiger partial charge in [-0.2, -0.15) is 0 Å². The molecule has 2 aliphatic rings. The van der Waals surface area contributed by atoms with Gasteiger partial charge >= 0.3 is 5.97 Å². The zero-order valence-electron chi connectivity index (χ0n) is 5.46. The summed E-state index contributed by atoms with van der Waals surface area (Å²) in [7, 11) is 0. The van der Waals surface area contributed by atoms with Gasteiger partial charge in [0.15, 0.2) is 0 Å². The second-order valence-corrected chi connectivity index (χ2v) is 2.91. The fourth-order valence-electron chi connectivity index (χ4n) is 1.55. The van der Waals surface area contributed by atoms with Gasteiger partial charge in [0.2, 0.25) is 0 Å². The maximum absolute atomic E-state index is 10.6. The van der Waals surface area contributed by atoms with Crippen LogP contribution in [0.4, 0.5) is 0 Å². The van der Waals surface area contributed by atoms with Crippen molar-refractivity contribution in [2.75, 3.05) is 13.2 Å². The highest BCUT2D eigenvalue weighted by Crippen LogP contribution is 2.29. The van der Waals surface area contributed by atoms with Crippen LogP contribution in [0.1, 0.15) is 6.42 Å². The number of fused-ring (bicyclic) bond motifs is 2. The Hall–Kier alpha value is -0.610. The first kappa shape index (κ1) is 6.12. The molecule has 2 N–H and O–H groups in total. The molecule has 2 aliphatic heterocycles. The maximum Gasteiger partial charge on any atom is 0.326 e. The van der Waals surface area contributed by atoms with Crippen LogP contribution < -0.4 is 5.32 Å². The van der Waals surface area contributed by atoms with Crippen molar-refractivity contribution in [1.29, 1.82) is 0 Å². The van der Waals surface area contributed by atoms with Crippen LogP contribution in [0.5, 0.6) is 0 Å². The Balaban J connectivity index is 2.23. The highest BCUT2D eigenvalue weighted by atomic mass is 16.5. The van der Waals surface area contributed by atoms with Crippen LogP contribution in [0, 0.1) is 0 Å². The van der Waals surface area contributed by atoms with Crippen molar-refractivity contribution in [2.24, 2.45) is 0 Å². The molecule has 0 spiro atoms. The number of rotatable bonds is 1. The molecule has 4 heteroatoms. The van der Waals surface area contributed by atoms with Crippen LogP contribution in [-0.4, -0.2) is 35.9 Å². The van der Waals surface area contributed by atoms with Gasteiger partial charge in [-0.05, 0) is 0 Å². The molecule has 2 saturated heterocycles. The highest BCUT2D eigenvalue weighted by molar-refractivity contribution is 5.80. The largest absolute Gasteiger partial charge is 0.480 e. The maximum atomic E-state index is 10.6. The summed E-state index contributed by atoms with van der Waals surface area (Å²) in [5.74, 6) is -0.785. The average Bonchev–Trinajstić information content (AvgIpc) is 2.45. The molecule has 2 fully saturated rings. The Bertz CT molecular complexity index is 172. The number of ether oxygens (including phenoxy) is 1. The fourth-order valence-corrected chi connectivity index (χ4v) is 1.55. The van der Waals surface area contributed by atoms with Gasteiger partial charge < -0.3 is 9.84 Å². The van der Waals surface area contributed by atoms with Gasteiger partial charge in [0.25, 0.3) is 0 Å². The third kappa shape index (κ3) is 0.602. The number of aliphatic carboxylic acids is 1. The first-order valence-corrected chi connectivity index (χ1v) is 3.33. The van der Waals surface area contributed by atoms with Crippen LogP contribution in [0.2, 0.25) is 0 Å². The van der Waals surface area contributed by atoms with E-state index in [9.17, 15) is 4.79 Å². The quantitative estimate of drug-likeness (QED) is 0.504. The van der Waals surface area contributed by atoms with Crippen LogP contribution >= 0.6 is 0 Å². The number of carboxylic acid groups (broad SMARTS) is 1. The zero-order valence-corrected chi connectivity index (χ0v) is 5.46. The molecular formula is C6H9NO3. The van der Waals surface area contributed by atoms with Crippen LogP contribution in [0.3, 0.4) is 0 Å². The molecule has 0 aromatic carbocycles. The van der Waals surface area contributed by atoms with E-state index >= 15 is 0 Å². The monoisotopic (exact) mass is 143 g/mol. The molecule has 0 amide bonds. The molecule has 4 nitrogen and oxygen atoms in total. The number of carbonyl (C=O) groups is 1. The van der Waals surface area contributed by atoms with E-state index in [-0.39, 0.29) is 6.10 Å². The molecule has 0 radical (unpaired) electrons. The summed E-state index contributed by atoms with van der Waals surface area (Å²) in [4.78, 5) is 10.6. The van der Waals surface area contributed by atoms with Crippen molar-refractivity contribution in [3.63, 3.8) is 0 Å². The molecule has 0 aromatic rings. The fraction of sp³-hybridized carbons (Fsp3) is 0.833. The van der Waals surface area contributed by atoms with E-state index in [2.05, 4.69) is 5.32 Å². The lowest BCUT2D eigenvalue weighted by Crippen LogP contribution is -2.51. The Labute approximate surface area is 58.2 Å². The predicted molar refractivity (Wildman–Crippen MR) is 32.7 cm³/mol. The summed E-state index contributed by atoms with van der Waals surface area (Å²) in [6.07, 6.45) is 0.763. The standard InChI is InChI=1S/C6H9NO3/c8-5(9)6-1-4(2-7-6)10-3-6/h4,7H,1-3H2,(H,8,9). The smallest absolute Gasteiger partial charge is 0.326 e. The Morgan fingerprint density at radius 1 is 1.80 bits per heavy atom. The SMILES string of the molecule is O=C(O)C12COC(CN1)C2. The molecule has 2 atom stereocenters. The molecular weight excluding hydrogens is 134 g/mol. The molecule has 2 bridgehead atoms. The average molecular weight is 143 g/mol. The third-order valence-electron chi connectivity index (χ3n) is 2.22. The van der Waals surface area contributed by atoms with Gasteiger partial charge in [0, 0.05) is 13.0 Å². The normalized spacial score (nSPS) is 44.2. The second kappa shape index (κ2) is 1.71. The lowest BCUT2D eigenvalue weighted by molar-refractivity contribution is -0.145. The van der Waals surface area contributed by atoms with Gasteiger partial charge in [0.1, 0.15) is 5.54 Å². The lowest BCUT2D eigenvalue weighted by atomic mass is 10.0. The first-order valence-electron chi connectivity index (χ1n) is 3.33. The minimum atomic E-state index is -0.785. The Morgan fingerprint density at radius 3 is 2.80 bits per heavy atom. The topological polar surface area (TPSA) is 58.6 Å². The number of morpholine rings is 1. The van der Waals surface area contributed by atoms with E-state index in [0.717, 1.165) is 0 Å². The van der Waals surface area contributed by atoms with Gasteiger partial charge in [-0.25, -0.2) is 0 Å². The minimum Gasteiger partial charge on any atom is -0.480 e. The van der Waals surface area contributed by atoms with Gasteiger partial charge in [0.05, 0.1) is 12.7 Å². The molecule has 2 rings (SSSR count). The van der Waals surface area contributed by atoms with Gasteiger partial charge in [-0.15, -0.1) is 0 Å². The number of hydrogen-bond donors (Lipinski definition) is 2. The summed E-state index contributed by atoms with van der Waals surface area (Å²) >= 11 is 0. The van der Waals surface area contributed by atoms with E-state index in [0.29, 0.717) is 19.6 Å². The van der Waals surface area contributed by atoms with E-state index in [1.54, 1.807) is 0 Å². The Kier molecular flexibility index (Phi) is 1.04. The summed E-state index contributed by atoms with van der Waals surface area (Å²) in [6, 6.07) is 0. The van der Waals surface area contributed by atoms with Crippen LogP contribution in [0.25, 0.3) is 0 Å². The lowest BCUT2D eigenvalue weighted by Gasteiger charge is -2.21. The predicted octanol–water partition coefficient (Wildman–Crippen LogP) is -0.798. The van der Waals surface area contributed by atoms with Crippen molar-refractivity contribution in [1.82, 2.24) is 5.32 Å². The molecule has 10 heavy (non-hydrogen) atoms. The van der Waals surface area contributed by atoms with Crippen LogP contribution in [0.15, 0.2) is 0 Å². The third-order valence-corrected chi connectivity index (χ3v) is 2.22. The molecule has 2 unspecified atom stereocenters. The van der Waals surface area contributed by atoms with E-state index in [1.165, 1.54) is 0 Å². The summed E-state index contributed by atoms with van der Waals surface area (Å²) in [5.41, 5.74) is -0.745. The molecule has 0 aliphatic carbocycles.